The number of ether oxygens (including phenoxy) is 1. The average Bonchev–Trinajstić information content (AvgIpc) is 3.17. The van der Waals surface area contributed by atoms with Crippen LogP contribution >= 0.6 is 11.6 Å². The number of rotatable bonds is 1. The van der Waals surface area contributed by atoms with Gasteiger partial charge in [0.05, 0.1) is 22.0 Å². The number of nitrogens with zero attached hydrogens (tertiary/aromatic N) is 5. The molecule has 2 aliphatic rings. The van der Waals surface area contributed by atoms with E-state index in [-0.39, 0.29) is 22.1 Å². The smallest absolute Gasteiger partial charge is 0.159 e. The van der Waals surface area contributed by atoms with Crippen molar-refractivity contribution in [1.29, 1.82) is 0 Å². The van der Waals surface area contributed by atoms with Crippen LogP contribution in [0.2, 0.25) is 5.02 Å². The van der Waals surface area contributed by atoms with Crippen molar-refractivity contribution in [2.24, 2.45) is 0 Å². The van der Waals surface area contributed by atoms with Crippen LogP contribution in [0.15, 0.2) is 18.5 Å². The van der Waals surface area contributed by atoms with Gasteiger partial charge in [0, 0.05) is 30.8 Å². The van der Waals surface area contributed by atoms with Crippen molar-refractivity contribution >= 4 is 39.4 Å². The second-order valence-corrected chi connectivity index (χ2v) is 7.96. The first-order valence-electron chi connectivity index (χ1n) is 9.71. The van der Waals surface area contributed by atoms with E-state index in [0.29, 0.717) is 40.2 Å². The van der Waals surface area contributed by atoms with Gasteiger partial charge in [-0.15, -0.1) is 5.10 Å². The summed E-state index contributed by atoms with van der Waals surface area (Å²) in [6, 6.07) is 3.82. The standard InChI is InChI=1S/C20H17ClFN7O/c1-9-2-3-11-17(27-28-26-11)12(9)13-15(21)19-14-18(16(13)22)24-8-25-20(14)29-5-4-23-6-10(29)7-30-19/h2-3,8,10,23H,4-7H2,1H3,(H,26,27,28). The lowest BCUT2D eigenvalue weighted by molar-refractivity contribution is 0.274. The van der Waals surface area contributed by atoms with Gasteiger partial charge in [-0.05, 0) is 18.6 Å². The van der Waals surface area contributed by atoms with Crippen LogP contribution in [0, 0.1) is 12.7 Å². The largest absolute Gasteiger partial charge is 0.489 e. The van der Waals surface area contributed by atoms with E-state index in [4.69, 9.17) is 16.3 Å². The maximum absolute atomic E-state index is 16.0. The summed E-state index contributed by atoms with van der Waals surface area (Å²) >= 11 is 6.83. The first-order chi connectivity index (χ1) is 14.6. The lowest BCUT2D eigenvalue weighted by Gasteiger charge is -2.35. The highest BCUT2D eigenvalue weighted by Gasteiger charge is 2.34. The molecule has 8 nitrogen and oxygen atoms in total. The number of piperazine rings is 1. The summed E-state index contributed by atoms with van der Waals surface area (Å²) in [5.41, 5.74) is 3.06. The molecule has 1 fully saturated rings. The zero-order valence-corrected chi connectivity index (χ0v) is 16.8. The van der Waals surface area contributed by atoms with E-state index < -0.39 is 5.82 Å². The van der Waals surface area contributed by atoms with E-state index in [1.807, 2.05) is 19.1 Å². The average molecular weight is 426 g/mol. The minimum Gasteiger partial charge on any atom is -0.489 e. The summed E-state index contributed by atoms with van der Waals surface area (Å²) < 4.78 is 22.2. The Kier molecular flexibility index (Phi) is 3.84. The van der Waals surface area contributed by atoms with E-state index in [1.165, 1.54) is 6.33 Å². The number of hydrogen-bond acceptors (Lipinski definition) is 7. The fourth-order valence-electron chi connectivity index (χ4n) is 4.46. The minimum atomic E-state index is -0.516. The van der Waals surface area contributed by atoms with E-state index in [0.717, 1.165) is 25.2 Å². The monoisotopic (exact) mass is 425 g/mol. The van der Waals surface area contributed by atoms with Crippen LogP contribution in [0.25, 0.3) is 33.1 Å². The van der Waals surface area contributed by atoms with Crippen LogP contribution in [0.3, 0.4) is 0 Å². The summed E-state index contributed by atoms with van der Waals surface area (Å²) in [7, 11) is 0. The predicted molar refractivity (Wildman–Crippen MR) is 112 cm³/mol. The lowest BCUT2D eigenvalue weighted by Crippen LogP contribution is -2.53. The number of aromatic nitrogens is 5. The number of hydrogen-bond donors (Lipinski definition) is 2. The summed E-state index contributed by atoms with van der Waals surface area (Å²) in [6.45, 7) is 4.62. The van der Waals surface area contributed by atoms with E-state index in [2.05, 4.69) is 35.6 Å². The van der Waals surface area contributed by atoms with E-state index in [9.17, 15) is 0 Å². The number of H-pyrrole nitrogens is 1. The van der Waals surface area contributed by atoms with Crippen LogP contribution in [-0.2, 0) is 0 Å². The minimum absolute atomic E-state index is 0.0764. The van der Waals surface area contributed by atoms with Gasteiger partial charge < -0.3 is 15.0 Å². The summed E-state index contributed by atoms with van der Waals surface area (Å²) in [5, 5.41) is 14.9. The number of nitrogens with one attached hydrogen (secondary N) is 2. The molecule has 0 amide bonds. The molecule has 152 valence electrons. The second kappa shape index (κ2) is 6.48. The number of aromatic amines is 1. The van der Waals surface area contributed by atoms with Gasteiger partial charge >= 0.3 is 0 Å². The number of halogens is 2. The van der Waals surface area contributed by atoms with Crippen LogP contribution in [-0.4, -0.2) is 57.7 Å². The summed E-state index contributed by atoms with van der Waals surface area (Å²) in [5.74, 6) is 0.550. The SMILES string of the molecule is Cc1ccc2[nH]nnc2c1-c1c(Cl)c2c3c(ncnc3c1F)N1CCNCC1CO2. The third-order valence-corrected chi connectivity index (χ3v) is 6.26. The highest BCUT2D eigenvalue weighted by Crippen LogP contribution is 2.48. The number of fused-ring (bicyclic) bond motifs is 3. The Labute approximate surface area is 175 Å². The lowest BCUT2D eigenvalue weighted by atomic mass is 9.96. The fourth-order valence-corrected chi connectivity index (χ4v) is 4.79. The molecular weight excluding hydrogens is 409 g/mol. The van der Waals surface area contributed by atoms with Crippen LogP contribution in [0.5, 0.6) is 5.75 Å². The first kappa shape index (κ1) is 17.8. The maximum Gasteiger partial charge on any atom is 0.159 e. The van der Waals surface area contributed by atoms with Gasteiger partial charge in [-0.25, -0.2) is 14.4 Å². The van der Waals surface area contributed by atoms with E-state index in [1.54, 1.807) is 0 Å². The molecular formula is C20H17ClFN7O. The molecule has 10 heteroatoms. The molecule has 2 aromatic heterocycles. The molecule has 1 atom stereocenters. The van der Waals surface area contributed by atoms with Gasteiger partial charge in [-0.2, -0.15) is 0 Å². The molecule has 0 radical (unpaired) electrons. The molecule has 4 aromatic rings. The molecule has 6 rings (SSSR count). The second-order valence-electron chi connectivity index (χ2n) is 7.58. The molecule has 0 spiro atoms. The fraction of sp³-hybridized carbons (Fsp3) is 0.300. The maximum atomic E-state index is 16.0. The first-order valence-corrected chi connectivity index (χ1v) is 10.1. The van der Waals surface area contributed by atoms with Crippen molar-refractivity contribution in [3.8, 4) is 16.9 Å². The highest BCUT2D eigenvalue weighted by molar-refractivity contribution is 6.37. The Morgan fingerprint density at radius 1 is 1.23 bits per heavy atom. The molecule has 0 saturated carbocycles. The molecule has 1 unspecified atom stereocenters. The molecule has 4 heterocycles. The van der Waals surface area contributed by atoms with Crippen molar-refractivity contribution in [3.63, 3.8) is 0 Å². The van der Waals surface area contributed by atoms with Crippen molar-refractivity contribution < 1.29 is 9.13 Å². The number of anilines is 1. The van der Waals surface area contributed by atoms with Crippen molar-refractivity contribution in [2.45, 2.75) is 13.0 Å². The van der Waals surface area contributed by atoms with Crippen molar-refractivity contribution in [2.75, 3.05) is 31.1 Å². The number of aryl methyl sites for hydroxylation is 1. The Bertz CT molecular complexity index is 1320. The molecule has 2 N–H and O–H groups in total. The molecule has 30 heavy (non-hydrogen) atoms. The van der Waals surface area contributed by atoms with Crippen molar-refractivity contribution in [1.82, 2.24) is 30.7 Å². The van der Waals surface area contributed by atoms with Gasteiger partial charge in [0.2, 0.25) is 0 Å². The topological polar surface area (TPSA) is 91.8 Å². The Balaban J connectivity index is 1.71. The molecule has 2 aromatic carbocycles. The third kappa shape index (κ3) is 2.36. The third-order valence-electron chi connectivity index (χ3n) is 5.90. The van der Waals surface area contributed by atoms with Gasteiger partial charge in [0.1, 0.15) is 29.8 Å². The summed E-state index contributed by atoms with van der Waals surface area (Å²) in [6.07, 6.45) is 1.40. The summed E-state index contributed by atoms with van der Waals surface area (Å²) in [4.78, 5) is 10.9. The zero-order chi connectivity index (χ0) is 20.4. The zero-order valence-electron chi connectivity index (χ0n) is 16.0. The predicted octanol–water partition coefficient (Wildman–Crippen LogP) is 2.84. The normalized spacial score (nSPS) is 18.4. The Morgan fingerprint density at radius 3 is 3.03 bits per heavy atom. The molecule has 2 aliphatic heterocycles. The van der Waals surface area contributed by atoms with Crippen molar-refractivity contribution in [3.05, 3.63) is 34.9 Å². The Hall–Kier alpha value is -3.04. The molecule has 1 saturated heterocycles. The Morgan fingerprint density at radius 2 is 2.13 bits per heavy atom. The van der Waals surface area contributed by atoms with Gasteiger partial charge in [-0.1, -0.05) is 22.9 Å². The van der Waals surface area contributed by atoms with Crippen LogP contribution in [0.4, 0.5) is 10.2 Å². The number of benzene rings is 2. The molecule has 0 bridgehead atoms. The van der Waals surface area contributed by atoms with Crippen LogP contribution in [0.1, 0.15) is 5.56 Å². The van der Waals surface area contributed by atoms with Gasteiger partial charge in [0.15, 0.2) is 11.6 Å². The van der Waals surface area contributed by atoms with Gasteiger partial charge in [0.25, 0.3) is 0 Å². The molecule has 0 aliphatic carbocycles. The van der Waals surface area contributed by atoms with Crippen LogP contribution < -0.4 is 15.0 Å². The van der Waals surface area contributed by atoms with E-state index >= 15 is 4.39 Å². The highest BCUT2D eigenvalue weighted by atomic mass is 35.5. The van der Waals surface area contributed by atoms with Gasteiger partial charge in [-0.3, -0.25) is 5.10 Å². The quantitative estimate of drug-likeness (QED) is 0.484.